The van der Waals surface area contributed by atoms with Gasteiger partial charge in [-0.2, -0.15) is 5.10 Å². The summed E-state index contributed by atoms with van der Waals surface area (Å²) in [6.45, 7) is 4.80. The maximum absolute atomic E-state index is 12.6. The number of thiazole rings is 1. The van der Waals surface area contributed by atoms with Crippen LogP contribution in [0, 0.1) is 6.92 Å². The van der Waals surface area contributed by atoms with Crippen molar-refractivity contribution >= 4 is 45.9 Å². The molecule has 0 saturated carbocycles. The molecule has 4 rings (SSSR count). The molecule has 0 atom stereocenters. The van der Waals surface area contributed by atoms with E-state index in [1.165, 1.54) is 36.0 Å². The van der Waals surface area contributed by atoms with E-state index in [0.29, 0.717) is 34.3 Å². The number of nitrogens with zero attached hydrogens (tertiary/aromatic N) is 2. The fourth-order valence-electron chi connectivity index (χ4n) is 3.90. The third-order valence-electron chi connectivity index (χ3n) is 6.13. The van der Waals surface area contributed by atoms with Crippen LogP contribution in [0.4, 0.5) is 10.8 Å². The minimum atomic E-state index is -0.326. The lowest BCUT2D eigenvalue weighted by Crippen LogP contribution is -2.17. The zero-order valence-corrected chi connectivity index (χ0v) is 24.4. The second-order valence-corrected chi connectivity index (χ2v) is 10.5. The topological polar surface area (TPSA) is 84.8 Å². The number of aromatic nitrogens is 1. The molecule has 1 aromatic heterocycles. The molecule has 1 heterocycles. The number of hydrazone groups is 1. The first-order valence-corrected chi connectivity index (χ1v) is 14.5. The minimum Gasteiger partial charge on any atom is -0.493 e. The molecular formula is C31H33ClN4O3S. The molecule has 0 aliphatic heterocycles. The number of hydrogen-bond donors (Lipinski definition) is 2. The van der Waals surface area contributed by atoms with Gasteiger partial charge in [0.15, 0.2) is 16.6 Å². The van der Waals surface area contributed by atoms with Crippen LogP contribution in [0.2, 0.25) is 5.02 Å². The van der Waals surface area contributed by atoms with Gasteiger partial charge in [-0.25, -0.2) is 10.4 Å². The second kappa shape index (κ2) is 14.5. The Hall–Kier alpha value is -3.88. The summed E-state index contributed by atoms with van der Waals surface area (Å²) in [5, 5.41) is 10.6. The molecule has 0 bridgehead atoms. The van der Waals surface area contributed by atoms with Crippen molar-refractivity contribution < 1.29 is 14.3 Å². The summed E-state index contributed by atoms with van der Waals surface area (Å²) >= 11 is 7.97. The van der Waals surface area contributed by atoms with E-state index in [-0.39, 0.29) is 5.91 Å². The lowest BCUT2D eigenvalue weighted by Gasteiger charge is -2.13. The first kappa shape index (κ1) is 29.1. The largest absolute Gasteiger partial charge is 0.493 e. The Kier molecular flexibility index (Phi) is 10.5. The Morgan fingerprint density at radius 2 is 1.85 bits per heavy atom. The predicted octanol–water partition coefficient (Wildman–Crippen LogP) is 8.25. The van der Waals surface area contributed by atoms with Gasteiger partial charge in [0.2, 0.25) is 0 Å². The quantitative estimate of drug-likeness (QED) is 0.0950. The minimum absolute atomic E-state index is 0.326. The number of amides is 1. The first-order chi connectivity index (χ1) is 19.5. The molecule has 1 amide bonds. The highest BCUT2D eigenvalue weighted by Gasteiger charge is 2.12. The Bertz CT molecular complexity index is 1440. The summed E-state index contributed by atoms with van der Waals surface area (Å²) in [6, 6.07) is 18.9. The lowest BCUT2D eigenvalue weighted by molar-refractivity contribution is 0.0955. The molecule has 7 nitrogen and oxygen atoms in total. The van der Waals surface area contributed by atoms with E-state index in [0.717, 1.165) is 34.9 Å². The first-order valence-electron chi connectivity index (χ1n) is 13.2. The molecule has 9 heteroatoms. The van der Waals surface area contributed by atoms with E-state index in [2.05, 4.69) is 46.8 Å². The second-order valence-electron chi connectivity index (χ2n) is 9.25. The molecule has 0 spiro atoms. The number of hydrogen-bond acceptors (Lipinski definition) is 7. The summed E-state index contributed by atoms with van der Waals surface area (Å²) in [7, 11) is 1.56. The van der Waals surface area contributed by atoms with Crippen molar-refractivity contribution in [1.29, 1.82) is 0 Å². The van der Waals surface area contributed by atoms with Gasteiger partial charge in [-0.05, 0) is 55.3 Å². The van der Waals surface area contributed by atoms with Crippen molar-refractivity contribution in [3.05, 3.63) is 87.8 Å². The van der Waals surface area contributed by atoms with Gasteiger partial charge in [0.05, 0.1) is 30.6 Å². The van der Waals surface area contributed by atoms with Crippen molar-refractivity contribution in [3.8, 4) is 22.8 Å². The monoisotopic (exact) mass is 576 g/mol. The zero-order valence-electron chi connectivity index (χ0n) is 22.9. The molecule has 4 aromatic rings. The summed E-state index contributed by atoms with van der Waals surface area (Å²) in [5.41, 5.74) is 7.67. The smallest absolute Gasteiger partial charge is 0.271 e. The molecule has 0 aliphatic rings. The van der Waals surface area contributed by atoms with Crippen molar-refractivity contribution in [2.75, 3.05) is 19.0 Å². The van der Waals surface area contributed by atoms with E-state index >= 15 is 0 Å². The van der Waals surface area contributed by atoms with Crippen molar-refractivity contribution in [1.82, 2.24) is 10.4 Å². The molecule has 40 heavy (non-hydrogen) atoms. The number of rotatable bonds is 13. The summed E-state index contributed by atoms with van der Waals surface area (Å²) in [4.78, 5) is 17.3. The number of halogens is 1. The van der Waals surface area contributed by atoms with Crippen LogP contribution in [0.15, 0.2) is 71.1 Å². The molecule has 0 unspecified atom stereocenters. The average Bonchev–Trinajstić information content (AvgIpc) is 3.43. The Morgan fingerprint density at radius 1 is 1.07 bits per heavy atom. The molecule has 208 valence electrons. The van der Waals surface area contributed by atoms with Crippen LogP contribution < -0.4 is 20.2 Å². The van der Waals surface area contributed by atoms with Crippen LogP contribution in [0.5, 0.6) is 11.5 Å². The Morgan fingerprint density at radius 3 is 2.58 bits per heavy atom. The molecule has 0 aliphatic carbocycles. The summed E-state index contributed by atoms with van der Waals surface area (Å²) < 4.78 is 11.3. The molecular weight excluding hydrogens is 544 g/mol. The number of nitrogens with one attached hydrogen (secondary N) is 2. The number of carbonyl (C=O) groups is 1. The van der Waals surface area contributed by atoms with Gasteiger partial charge in [0, 0.05) is 22.2 Å². The van der Waals surface area contributed by atoms with Gasteiger partial charge in [-0.15, -0.1) is 11.3 Å². The Labute approximate surface area is 244 Å². The molecule has 3 aromatic carbocycles. The third-order valence-corrected chi connectivity index (χ3v) is 7.16. The van der Waals surface area contributed by atoms with Gasteiger partial charge >= 0.3 is 0 Å². The van der Waals surface area contributed by atoms with Crippen LogP contribution in [0.1, 0.15) is 54.1 Å². The maximum atomic E-state index is 12.6. The van der Waals surface area contributed by atoms with E-state index < -0.39 is 0 Å². The number of aryl methyl sites for hydroxylation is 1. The summed E-state index contributed by atoms with van der Waals surface area (Å²) in [6.07, 6.45) is 5.93. The van der Waals surface area contributed by atoms with Gasteiger partial charge in [0.25, 0.3) is 5.91 Å². The van der Waals surface area contributed by atoms with Crippen molar-refractivity contribution in [3.63, 3.8) is 0 Å². The zero-order chi connectivity index (χ0) is 28.3. The Balaban J connectivity index is 1.33. The predicted molar refractivity (Wildman–Crippen MR) is 165 cm³/mol. The van der Waals surface area contributed by atoms with Gasteiger partial charge in [0.1, 0.15) is 0 Å². The fraction of sp³-hybridized carbons (Fsp3) is 0.258. The molecule has 2 N–H and O–H groups in total. The number of methoxy groups -OCH3 is 1. The number of ether oxygens (including phenoxy) is 2. The van der Waals surface area contributed by atoms with Crippen molar-refractivity contribution in [2.24, 2.45) is 5.10 Å². The SMILES string of the molecule is CCCCCCOc1c(Cl)cc(/C=N/NC(=O)c2ccc(-c3csc(Nc4ccc(C)cc4)n3)cc2)cc1OC. The lowest BCUT2D eigenvalue weighted by atomic mass is 10.1. The highest BCUT2D eigenvalue weighted by molar-refractivity contribution is 7.14. The number of benzene rings is 3. The number of anilines is 2. The van der Waals surface area contributed by atoms with E-state index in [4.69, 9.17) is 21.1 Å². The highest BCUT2D eigenvalue weighted by atomic mass is 35.5. The van der Waals surface area contributed by atoms with Crippen LogP contribution in [0.3, 0.4) is 0 Å². The molecule has 0 saturated heterocycles. The van der Waals surface area contributed by atoms with Crippen LogP contribution in [-0.2, 0) is 0 Å². The number of carbonyl (C=O) groups excluding carboxylic acids is 1. The van der Waals surface area contributed by atoms with Crippen LogP contribution >= 0.6 is 22.9 Å². The van der Waals surface area contributed by atoms with E-state index in [1.807, 2.05) is 29.6 Å². The fourth-order valence-corrected chi connectivity index (χ4v) is 4.92. The molecule has 0 fully saturated rings. The van der Waals surface area contributed by atoms with Crippen molar-refractivity contribution in [2.45, 2.75) is 39.5 Å². The standard InChI is InChI=1S/C31H33ClN4O3S/c1-4-5-6-7-16-39-29-26(32)17-22(18-28(29)38-3)19-33-36-30(37)24-12-10-23(11-13-24)27-20-40-31(35-27)34-25-14-8-21(2)9-15-25/h8-15,17-20H,4-7,16H2,1-3H3,(H,34,35)(H,36,37)/b33-19+. The number of unbranched alkanes of at least 4 members (excludes halogenated alkanes) is 3. The third kappa shape index (κ3) is 8.07. The van der Waals surface area contributed by atoms with Crippen LogP contribution in [0.25, 0.3) is 11.3 Å². The molecule has 0 radical (unpaired) electrons. The summed E-state index contributed by atoms with van der Waals surface area (Å²) in [5.74, 6) is 0.707. The maximum Gasteiger partial charge on any atom is 0.271 e. The average molecular weight is 577 g/mol. The van der Waals surface area contributed by atoms with Gasteiger partial charge < -0.3 is 14.8 Å². The normalized spacial score (nSPS) is 11.0. The van der Waals surface area contributed by atoms with E-state index in [9.17, 15) is 4.79 Å². The van der Waals surface area contributed by atoms with Crippen LogP contribution in [-0.4, -0.2) is 30.8 Å². The van der Waals surface area contributed by atoms with Gasteiger partial charge in [-0.3, -0.25) is 4.79 Å². The van der Waals surface area contributed by atoms with E-state index in [1.54, 1.807) is 31.4 Å². The highest BCUT2D eigenvalue weighted by Crippen LogP contribution is 2.36. The van der Waals surface area contributed by atoms with Gasteiger partial charge in [-0.1, -0.05) is 67.6 Å².